The Morgan fingerprint density at radius 3 is 1.43 bits per heavy atom. The van der Waals surface area contributed by atoms with Gasteiger partial charge < -0.3 is 20.1 Å². The first-order chi connectivity index (χ1) is 14.5. The number of hydrogen-bond acceptors (Lipinski definition) is 5. The highest BCUT2D eigenvalue weighted by Gasteiger charge is 2.07. The molecule has 180 valence electrons. The van der Waals surface area contributed by atoms with Gasteiger partial charge in [-0.15, -0.1) is 0 Å². The summed E-state index contributed by atoms with van der Waals surface area (Å²) in [4.78, 5) is 20.8. The zero-order valence-electron chi connectivity index (χ0n) is 19.6. The molecule has 0 fully saturated rings. The highest BCUT2D eigenvalue weighted by Crippen LogP contribution is 2.13. The second-order valence-electron chi connectivity index (χ2n) is 7.97. The van der Waals surface area contributed by atoms with Crippen LogP contribution >= 0.6 is 0 Å². The molecule has 6 nitrogen and oxygen atoms in total. The number of aliphatic hydroxyl groups excluding tert-OH is 2. The molecule has 0 aromatic carbocycles. The molecule has 0 aromatic heterocycles. The van der Waals surface area contributed by atoms with Crippen molar-refractivity contribution >= 4 is 11.9 Å². The minimum Gasteiger partial charge on any atom is -0.481 e. The van der Waals surface area contributed by atoms with Gasteiger partial charge in [0.25, 0.3) is 0 Å². The number of unbranched alkanes of at least 4 members (excludes halogenated alkanes) is 14. The summed E-state index contributed by atoms with van der Waals surface area (Å²) < 4.78 is 4.86. The van der Waals surface area contributed by atoms with Crippen molar-refractivity contribution in [2.75, 3.05) is 13.2 Å². The van der Waals surface area contributed by atoms with Crippen LogP contribution in [-0.4, -0.2) is 46.6 Å². The number of ether oxygens (including phenoxy) is 1. The van der Waals surface area contributed by atoms with E-state index in [9.17, 15) is 9.59 Å². The van der Waals surface area contributed by atoms with Gasteiger partial charge >= 0.3 is 11.9 Å². The predicted octanol–water partition coefficient (Wildman–Crippen LogP) is 5.63. The van der Waals surface area contributed by atoms with Crippen molar-refractivity contribution in [3.8, 4) is 0 Å². The van der Waals surface area contributed by atoms with Crippen LogP contribution in [0.3, 0.4) is 0 Å². The van der Waals surface area contributed by atoms with Crippen molar-refractivity contribution in [2.45, 2.75) is 129 Å². The van der Waals surface area contributed by atoms with Crippen LogP contribution in [0, 0.1) is 0 Å². The second kappa shape index (κ2) is 25.9. The summed E-state index contributed by atoms with van der Waals surface area (Å²) in [6.07, 6.45) is 19.3. The molecule has 0 amide bonds. The maximum Gasteiger partial charge on any atom is 0.305 e. The monoisotopic (exact) mass is 432 g/mol. The molecule has 0 aromatic rings. The molecular formula is C24H48O6. The van der Waals surface area contributed by atoms with Crippen molar-refractivity contribution in [3.63, 3.8) is 0 Å². The molecule has 30 heavy (non-hydrogen) atoms. The highest BCUT2D eigenvalue weighted by molar-refractivity contribution is 5.69. The van der Waals surface area contributed by atoms with Gasteiger partial charge in [-0.1, -0.05) is 104 Å². The number of esters is 1. The largest absolute Gasteiger partial charge is 0.481 e. The van der Waals surface area contributed by atoms with Crippen LogP contribution in [0.2, 0.25) is 0 Å². The first-order valence-corrected chi connectivity index (χ1v) is 12.1. The summed E-state index contributed by atoms with van der Waals surface area (Å²) in [7, 11) is 0. The summed E-state index contributed by atoms with van der Waals surface area (Å²) in [5.74, 6) is -1.02. The Bertz CT molecular complexity index is 373. The number of carboxylic acids is 1. The first kappa shape index (κ1) is 31.0. The lowest BCUT2D eigenvalue weighted by molar-refractivity contribution is -0.147. The first-order valence-electron chi connectivity index (χ1n) is 12.1. The third-order valence-corrected chi connectivity index (χ3v) is 4.93. The topological polar surface area (TPSA) is 104 Å². The average Bonchev–Trinajstić information content (AvgIpc) is 2.75. The number of carbonyl (C=O) groups excluding carboxylic acids is 1. The van der Waals surface area contributed by atoms with E-state index in [1.807, 2.05) is 0 Å². The summed E-state index contributed by atoms with van der Waals surface area (Å²) in [6.45, 7) is 3.39. The quantitative estimate of drug-likeness (QED) is 0.170. The minimum absolute atomic E-state index is 0.103. The van der Waals surface area contributed by atoms with Gasteiger partial charge in [0.2, 0.25) is 0 Å². The molecule has 6 heteroatoms. The van der Waals surface area contributed by atoms with Crippen LogP contribution < -0.4 is 0 Å². The maximum atomic E-state index is 11.4. The van der Waals surface area contributed by atoms with Gasteiger partial charge in [-0.3, -0.25) is 9.59 Å². The second-order valence-corrected chi connectivity index (χ2v) is 7.97. The van der Waals surface area contributed by atoms with Gasteiger partial charge in [0.05, 0.1) is 6.61 Å². The van der Waals surface area contributed by atoms with Gasteiger partial charge in [0.15, 0.2) is 0 Å². The Balaban J connectivity index is 0. The van der Waals surface area contributed by atoms with Gasteiger partial charge in [0.1, 0.15) is 12.7 Å². The fraction of sp³-hybridized carbons (Fsp3) is 0.917. The van der Waals surface area contributed by atoms with Crippen molar-refractivity contribution in [1.82, 2.24) is 0 Å². The van der Waals surface area contributed by atoms with Crippen molar-refractivity contribution in [2.24, 2.45) is 0 Å². The van der Waals surface area contributed by atoms with Gasteiger partial charge in [-0.2, -0.15) is 0 Å². The zero-order valence-corrected chi connectivity index (χ0v) is 19.6. The molecule has 0 radical (unpaired) electrons. The number of aliphatic hydroxyl groups is 2. The molecule has 0 aliphatic rings. The third-order valence-electron chi connectivity index (χ3n) is 4.93. The average molecular weight is 433 g/mol. The molecule has 0 heterocycles. The van der Waals surface area contributed by atoms with E-state index in [0.717, 1.165) is 12.8 Å². The number of rotatable bonds is 20. The van der Waals surface area contributed by atoms with Crippen LogP contribution in [-0.2, 0) is 14.3 Å². The molecule has 0 spiro atoms. The summed E-state index contributed by atoms with van der Waals surface area (Å²) >= 11 is 0. The van der Waals surface area contributed by atoms with E-state index in [-0.39, 0.29) is 25.6 Å². The summed E-state index contributed by atoms with van der Waals surface area (Å²) in [5, 5.41) is 25.4. The predicted molar refractivity (Wildman–Crippen MR) is 122 cm³/mol. The van der Waals surface area contributed by atoms with E-state index in [2.05, 4.69) is 6.92 Å². The molecule has 0 saturated heterocycles. The maximum absolute atomic E-state index is 11.4. The summed E-state index contributed by atoms with van der Waals surface area (Å²) in [5.41, 5.74) is 0. The SMILES string of the molecule is CCC(=O)O.CCCCCCCCCCCCCCCCCC(=O)OCC(O)CO. The van der Waals surface area contributed by atoms with Crippen LogP contribution in [0.1, 0.15) is 123 Å². The molecule has 0 bridgehead atoms. The van der Waals surface area contributed by atoms with Crippen LogP contribution in [0.15, 0.2) is 0 Å². The summed E-state index contributed by atoms with van der Waals surface area (Å²) in [6, 6.07) is 0. The van der Waals surface area contributed by atoms with E-state index in [0.29, 0.717) is 6.42 Å². The minimum atomic E-state index is -0.954. The Labute approximate surface area is 184 Å². The van der Waals surface area contributed by atoms with E-state index in [4.69, 9.17) is 20.1 Å². The van der Waals surface area contributed by atoms with Crippen LogP contribution in [0.5, 0.6) is 0 Å². The molecule has 0 saturated carbocycles. The molecule has 0 aliphatic carbocycles. The fourth-order valence-electron chi connectivity index (χ4n) is 2.95. The van der Waals surface area contributed by atoms with E-state index >= 15 is 0 Å². The molecule has 1 atom stereocenters. The number of carboxylic acid groups (broad SMARTS) is 1. The van der Waals surface area contributed by atoms with Crippen LogP contribution in [0.25, 0.3) is 0 Å². The van der Waals surface area contributed by atoms with Gasteiger partial charge in [-0.05, 0) is 6.42 Å². The van der Waals surface area contributed by atoms with E-state index < -0.39 is 12.1 Å². The number of aliphatic carboxylic acids is 1. The fourth-order valence-corrected chi connectivity index (χ4v) is 2.95. The Morgan fingerprint density at radius 2 is 1.10 bits per heavy atom. The Kier molecular flexibility index (Phi) is 26.8. The van der Waals surface area contributed by atoms with Gasteiger partial charge in [0, 0.05) is 12.8 Å². The zero-order chi connectivity index (χ0) is 22.9. The molecule has 3 N–H and O–H groups in total. The smallest absolute Gasteiger partial charge is 0.305 e. The number of hydrogen-bond donors (Lipinski definition) is 3. The Hall–Kier alpha value is -1.14. The molecule has 0 rings (SSSR count). The standard InChI is InChI=1S/C21H42O4.C3H6O2/c1-2-3-4-5-6-7-8-9-10-11-12-13-14-15-16-17-21(24)25-19-20(23)18-22;1-2-3(4)5/h20,22-23H,2-19H2,1H3;2H2,1H3,(H,4,5). The van der Waals surface area contributed by atoms with Gasteiger partial charge in [-0.25, -0.2) is 0 Å². The van der Waals surface area contributed by atoms with Crippen molar-refractivity contribution in [3.05, 3.63) is 0 Å². The molecule has 0 aliphatic heterocycles. The van der Waals surface area contributed by atoms with Crippen molar-refractivity contribution < 1.29 is 29.6 Å². The van der Waals surface area contributed by atoms with E-state index in [1.54, 1.807) is 6.92 Å². The van der Waals surface area contributed by atoms with Crippen LogP contribution in [0.4, 0.5) is 0 Å². The lowest BCUT2D eigenvalue weighted by atomic mass is 10.0. The normalized spacial score (nSPS) is 11.5. The number of carbonyl (C=O) groups is 2. The molecule has 1 unspecified atom stereocenters. The van der Waals surface area contributed by atoms with Crippen molar-refractivity contribution in [1.29, 1.82) is 0 Å². The Morgan fingerprint density at radius 1 is 0.733 bits per heavy atom. The van der Waals surface area contributed by atoms with E-state index in [1.165, 1.54) is 83.5 Å². The molecular weight excluding hydrogens is 384 g/mol. The lowest BCUT2D eigenvalue weighted by Crippen LogP contribution is -2.21. The lowest BCUT2D eigenvalue weighted by Gasteiger charge is -2.08. The third kappa shape index (κ3) is 29.1. The highest BCUT2D eigenvalue weighted by atomic mass is 16.5.